The Bertz CT molecular complexity index is 1340. The Morgan fingerprint density at radius 2 is 1.44 bits per heavy atom. The van der Waals surface area contributed by atoms with Gasteiger partial charge < -0.3 is 5.11 Å². The second-order valence-corrected chi connectivity index (χ2v) is 9.51. The third-order valence-electron chi connectivity index (χ3n) is 4.66. The highest BCUT2D eigenvalue weighted by atomic mass is 79.9. The molecule has 0 spiro atoms. The molecule has 0 amide bonds. The average molecular weight is 577 g/mol. The van der Waals surface area contributed by atoms with Crippen molar-refractivity contribution in [2.24, 2.45) is 20.5 Å². The molecule has 192 valence electrons. The van der Waals surface area contributed by atoms with Crippen molar-refractivity contribution in [1.29, 1.82) is 0 Å². The molecule has 1 N–H and O–H groups in total. The molecule has 0 aliphatic carbocycles. The number of hydrogen-bond acceptors (Lipinski definition) is 6. The Kier molecular flexibility index (Phi) is 7.31. The predicted octanol–water partition coefficient (Wildman–Crippen LogP) is 9.28. The molecule has 7 nitrogen and oxygen atoms in total. The van der Waals surface area contributed by atoms with Gasteiger partial charge >= 0.3 is 12.4 Å². The Morgan fingerprint density at radius 3 is 2.00 bits per heavy atom. The molecule has 3 rings (SSSR count). The molecule has 2 aromatic carbocycles. The van der Waals surface area contributed by atoms with Gasteiger partial charge in [0, 0.05) is 4.47 Å². The predicted molar refractivity (Wildman–Crippen MR) is 123 cm³/mol. The van der Waals surface area contributed by atoms with Gasteiger partial charge in [0.05, 0.1) is 28.2 Å². The fourth-order valence-electron chi connectivity index (χ4n) is 2.96. The van der Waals surface area contributed by atoms with Gasteiger partial charge in [-0.1, -0.05) is 6.07 Å². The van der Waals surface area contributed by atoms with Crippen LogP contribution in [0.15, 0.2) is 61.3 Å². The van der Waals surface area contributed by atoms with Crippen LogP contribution in [-0.2, 0) is 17.9 Å². The number of rotatable bonds is 4. The Labute approximate surface area is 209 Å². The van der Waals surface area contributed by atoms with Crippen molar-refractivity contribution >= 4 is 38.7 Å². The molecule has 0 radical (unpaired) electrons. The highest BCUT2D eigenvalue weighted by Crippen LogP contribution is 2.45. The highest BCUT2D eigenvalue weighted by molar-refractivity contribution is 9.10. The number of aromatic nitrogens is 2. The molecule has 0 saturated carbocycles. The third kappa shape index (κ3) is 6.09. The first-order valence-electron chi connectivity index (χ1n) is 10.2. The molecule has 14 heteroatoms. The Balaban J connectivity index is 2.05. The first-order valence-corrected chi connectivity index (χ1v) is 11.0. The second-order valence-electron chi connectivity index (χ2n) is 8.66. The van der Waals surface area contributed by atoms with E-state index in [-0.39, 0.29) is 5.69 Å². The highest BCUT2D eigenvalue weighted by Gasteiger charge is 2.42. The maximum absolute atomic E-state index is 13.7. The Morgan fingerprint density at radius 1 is 0.833 bits per heavy atom. The van der Waals surface area contributed by atoms with Crippen LogP contribution in [0.4, 0.5) is 49.1 Å². The summed E-state index contributed by atoms with van der Waals surface area (Å²) in [6.45, 7) is 6.28. The van der Waals surface area contributed by atoms with Gasteiger partial charge in [0.2, 0.25) is 5.88 Å². The van der Waals surface area contributed by atoms with E-state index in [9.17, 15) is 31.4 Å². The zero-order valence-electron chi connectivity index (χ0n) is 19.2. The SMILES string of the molecule is Cc1ccc(/N=N/c2ccc(/N=N/c3c(C(F)(F)F)nn(C(C)(C)C)c3O)c(C(F)(F)F)c2)c(Br)c1. The molecule has 3 aromatic rings. The van der Waals surface area contributed by atoms with Crippen LogP contribution >= 0.6 is 15.9 Å². The van der Waals surface area contributed by atoms with Gasteiger partial charge in [-0.25, -0.2) is 4.68 Å². The van der Waals surface area contributed by atoms with E-state index in [2.05, 4.69) is 41.5 Å². The lowest BCUT2D eigenvalue weighted by Crippen LogP contribution is -2.23. The van der Waals surface area contributed by atoms with E-state index in [1.807, 2.05) is 6.92 Å². The van der Waals surface area contributed by atoms with Crippen LogP contribution in [0, 0.1) is 6.92 Å². The molecule has 0 aliphatic rings. The fourth-order valence-corrected chi connectivity index (χ4v) is 3.53. The number of hydrogen-bond donors (Lipinski definition) is 1. The van der Waals surface area contributed by atoms with Crippen molar-refractivity contribution in [1.82, 2.24) is 9.78 Å². The number of alkyl halides is 6. The van der Waals surface area contributed by atoms with Crippen molar-refractivity contribution in [3.63, 3.8) is 0 Å². The van der Waals surface area contributed by atoms with Crippen molar-refractivity contribution in [2.75, 3.05) is 0 Å². The summed E-state index contributed by atoms with van der Waals surface area (Å²) in [5.74, 6) is -0.985. The molecule has 0 saturated heterocycles. The second kappa shape index (κ2) is 9.64. The Hall–Kier alpha value is -3.29. The van der Waals surface area contributed by atoms with Crippen LogP contribution in [0.3, 0.4) is 0 Å². The number of benzene rings is 2. The molecule has 0 aliphatic heterocycles. The quantitative estimate of drug-likeness (QED) is 0.248. The lowest BCUT2D eigenvalue weighted by molar-refractivity contribution is -0.141. The van der Waals surface area contributed by atoms with E-state index in [0.29, 0.717) is 20.9 Å². The normalized spacial score (nSPS) is 13.3. The van der Waals surface area contributed by atoms with Crippen LogP contribution in [0.25, 0.3) is 0 Å². The first-order chi connectivity index (χ1) is 16.5. The van der Waals surface area contributed by atoms with Gasteiger partial charge in [0.1, 0.15) is 0 Å². The summed E-state index contributed by atoms with van der Waals surface area (Å²) < 4.78 is 82.7. The van der Waals surface area contributed by atoms with Crippen LogP contribution < -0.4 is 0 Å². The number of aryl methyl sites for hydroxylation is 1. The first kappa shape index (κ1) is 27.3. The largest absolute Gasteiger partial charge is 0.492 e. The lowest BCUT2D eigenvalue weighted by Gasteiger charge is -2.19. The summed E-state index contributed by atoms with van der Waals surface area (Å²) in [4.78, 5) is 0. The van der Waals surface area contributed by atoms with Gasteiger partial charge in [-0.2, -0.15) is 36.6 Å². The van der Waals surface area contributed by atoms with E-state index in [1.54, 1.807) is 18.2 Å². The molecular formula is C22H19BrF6N6O. The van der Waals surface area contributed by atoms with E-state index in [1.165, 1.54) is 20.8 Å². The van der Waals surface area contributed by atoms with Crippen LogP contribution in [0.5, 0.6) is 5.88 Å². The van der Waals surface area contributed by atoms with Crippen LogP contribution in [0.2, 0.25) is 0 Å². The standard InChI is InChI=1S/C22H19BrF6N6O/c1-11-5-7-16(14(23)9-11)32-30-12-6-8-15(13(10-12)21(24,25)26)31-33-17-18(22(27,28)29)34-35(19(17)36)20(2,3)4/h5-10,36H,1-4H3/b32-30+,33-31+. The van der Waals surface area contributed by atoms with Crippen molar-refractivity contribution < 1.29 is 31.4 Å². The fraction of sp³-hybridized carbons (Fsp3) is 0.318. The van der Waals surface area contributed by atoms with Crippen LogP contribution in [-0.4, -0.2) is 14.9 Å². The van der Waals surface area contributed by atoms with Gasteiger partial charge in [-0.3, -0.25) is 0 Å². The van der Waals surface area contributed by atoms with Gasteiger partial charge in [-0.15, -0.1) is 15.3 Å². The smallest absolute Gasteiger partial charge is 0.437 e. The summed E-state index contributed by atoms with van der Waals surface area (Å²) in [5.41, 5.74) is -4.70. The zero-order chi connectivity index (χ0) is 27.1. The number of nitrogens with zero attached hydrogens (tertiary/aromatic N) is 6. The van der Waals surface area contributed by atoms with Gasteiger partial charge in [-0.05, 0) is 79.5 Å². The van der Waals surface area contributed by atoms with Gasteiger partial charge in [0.15, 0.2) is 11.4 Å². The molecule has 36 heavy (non-hydrogen) atoms. The van der Waals surface area contributed by atoms with Crippen LogP contribution in [0.1, 0.15) is 37.6 Å². The van der Waals surface area contributed by atoms with E-state index >= 15 is 0 Å². The lowest BCUT2D eigenvalue weighted by atomic mass is 10.1. The minimum absolute atomic E-state index is 0.173. The molecule has 0 fully saturated rings. The van der Waals surface area contributed by atoms with Crippen molar-refractivity contribution in [2.45, 2.75) is 45.6 Å². The summed E-state index contributed by atoms with van der Waals surface area (Å²) in [6.07, 6.45) is -9.97. The molecule has 1 aromatic heterocycles. The number of azo groups is 2. The van der Waals surface area contributed by atoms with Crippen molar-refractivity contribution in [3.05, 3.63) is 57.7 Å². The van der Waals surface area contributed by atoms with E-state index in [0.717, 1.165) is 17.7 Å². The molecule has 0 bridgehead atoms. The summed E-state index contributed by atoms with van der Waals surface area (Å²) in [6, 6.07) is 7.81. The number of halogens is 7. The summed E-state index contributed by atoms with van der Waals surface area (Å²) in [7, 11) is 0. The third-order valence-corrected chi connectivity index (χ3v) is 5.30. The van der Waals surface area contributed by atoms with E-state index < -0.39 is 46.4 Å². The molecular weight excluding hydrogens is 558 g/mol. The minimum Gasteiger partial charge on any atom is -0.492 e. The molecule has 0 atom stereocenters. The summed E-state index contributed by atoms with van der Waals surface area (Å²) in [5, 5.41) is 28.0. The monoisotopic (exact) mass is 576 g/mol. The topological polar surface area (TPSA) is 87.5 Å². The number of aromatic hydroxyl groups is 1. The summed E-state index contributed by atoms with van der Waals surface area (Å²) >= 11 is 3.29. The maximum atomic E-state index is 13.7. The maximum Gasteiger partial charge on any atom is 0.437 e. The minimum atomic E-state index is -5.04. The molecule has 0 unspecified atom stereocenters. The van der Waals surface area contributed by atoms with Crippen molar-refractivity contribution in [3.8, 4) is 5.88 Å². The van der Waals surface area contributed by atoms with Gasteiger partial charge in [0.25, 0.3) is 0 Å². The van der Waals surface area contributed by atoms with E-state index in [4.69, 9.17) is 0 Å². The molecule has 1 heterocycles. The zero-order valence-corrected chi connectivity index (χ0v) is 20.8. The average Bonchev–Trinajstić information content (AvgIpc) is 3.08.